The van der Waals surface area contributed by atoms with E-state index in [0.717, 1.165) is 19.6 Å². The Balaban J connectivity index is 4.81. The molecule has 0 fully saturated rings. The molecule has 0 atom stereocenters. The minimum Gasteiger partial charge on any atom is -0.478 e. The minimum absolute atomic E-state index is 0.111. The van der Waals surface area contributed by atoms with E-state index in [1.54, 1.807) is 6.08 Å². The van der Waals surface area contributed by atoms with Crippen molar-refractivity contribution in [3.05, 3.63) is 23.3 Å². The van der Waals surface area contributed by atoms with Crippen molar-refractivity contribution in [2.45, 2.75) is 27.2 Å². The Morgan fingerprint density at radius 1 is 1.26 bits per heavy atom. The third-order valence-corrected chi connectivity index (χ3v) is 2.83. The smallest absolute Gasteiger partial charge is 0.337 e. The lowest BCUT2D eigenvalue weighted by Gasteiger charge is -2.16. The number of carbonyl (C=O) groups is 2. The van der Waals surface area contributed by atoms with Crippen LogP contribution in [0.3, 0.4) is 0 Å². The van der Waals surface area contributed by atoms with Crippen LogP contribution in [0.25, 0.3) is 0 Å². The summed E-state index contributed by atoms with van der Waals surface area (Å²) >= 11 is 0. The summed E-state index contributed by atoms with van der Waals surface area (Å²) in [6.45, 7) is 8.31. The first-order valence-corrected chi connectivity index (χ1v) is 6.38. The maximum atomic E-state index is 11.5. The molecular formula is C14H23NO4. The third-order valence-electron chi connectivity index (χ3n) is 2.83. The van der Waals surface area contributed by atoms with E-state index >= 15 is 0 Å². The standard InChI is InChI=1S/C14H23NO4/c1-5-15(6-2)9-7-8-12(14(18)19-4)10-11(3)13(16)17/h8,10H,5-7,9H2,1-4H3,(H,16,17). The molecule has 0 aromatic heterocycles. The zero-order valence-electron chi connectivity index (χ0n) is 12.1. The zero-order chi connectivity index (χ0) is 14.8. The molecule has 108 valence electrons. The largest absolute Gasteiger partial charge is 0.478 e. The molecule has 0 aliphatic heterocycles. The van der Waals surface area contributed by atoms with Crippen LogP contribution in [-0.2, 0) is 14.3 Å². The van der Waals surface area contributed by atoms with E-state index in [1.165, 1.54) is 20.1 Å². The Morgan fingerprint density at radius 3 is 2.26 bits per heavy atom. The number of carboxylic acids is 1. The lowest BCUT2D eigenvalue weighted by molar-refractivity contribution is -0.135. The van der Waals surface area contributed by atoms with Crippen molar-refractivity contribution in [2.24, 2.45) is 0 Å². The molecule has 0 rings (SSSR count). The van der Waals surface area contributed by atoms with Gasteiger partial charge in [0.1, 0.15) is 0 Å². The number of ether oxygens (including phenoxy) is 1. The molecule has 19 heavy (non-hydrogen) atoms. The second-order valence-corrected chi connectivity index (χ2v) is 4.10. The first-order valence-electron chi connectivity index (χ1n) is 6.38. The highest BCUT2D eigenvalue weighted by Crippen LogP contribution is 2.07. The van der Waals surface area contributed by atoms with Crippen LogP contribution in [0.2, 0.25) is 0 Å². The van der Waals surface area contributed by atoms with E-state index in [0.29, 0.717) is 6.42 Å². The van der Waals surface area contributed by atoms with Gasteiger partial charge in [0.25, 0.3) is 0 Å². The van der Waals surface area contributed by atoms with Gasteiger partial charge in [-0.1, -0.05) is 19.9 Å². The topological polar surface area (TPSA) is 66.8 Å². The van der Waals surface area contributed by atoms with Crippen LogP contribution in [0.4, 0.5) is 0 Å². The molecule has 0 spiro atoms. The first-order chi connectivity index (χ1) is 8.96. The maximum absolute atomic E-state index is 11.5. The monoisotopic (exact) mass is 269 g/mol. The van der Waals surface area contributed by atoms with E-state index in [4.69, 9.17) is 5.11 Å². The number of methoxy groups -OCH3 is 1. The molecule has 0 radical (unpaired) electrons. The average Bonchev–Trinajstić information content (AvgIpc) is 2.41. The molecule has 0 saturated carbocycles. The molecule has 1 N–H and O–H groups in total. The number of rotatable bonds is 8. The highest BCUT2D eigenvalue weighted by Gasteiger charge is 2.09. The predicted octanol–water partition coefficient (Wildman–Crippen LogP) is 1.85. The van der Waals surface area contributed by atoms with Gasteiger partial charge < -0.3 is 14.7 Å². The van der Waals surface area contributed by atoms with Crippen LogP contribution in [0.5, 0.6) is 0 Å². The Kier molecular flexibility index (Phi) is 8.53. The van der Waals surface area contributed by atoms with Crippen LogP contribution in [-0.4, -0.2) is 48.7 Å². The SMILES string of the molecule is CCN(CC)CCC=C(C=C(C)C(=O)O)C(=O)OC. The fourth-order valence-corrected chi connectivity index (χ4v) is 1.56. The fourth-order valence-electron chi connectivity index (χ4n) is 1.56. The van der Waals surface area contributed by atoms with Crippen LogP contribution in [0.15, 0.2) is 23.3 Å². The number of carbonyl (C=O) groups excluding carboxylic acids is 1. The molecule has 0 aromatic rings. The van der Waals surface area contributed by atoms with E-state index in [2.05, 4.69) is 23.5 Å². The number of esters is 1. The van der Waals surface area contributed by atoms with E-state index in [9.17, 15) is 9.59 Å². The molecule has 0 amide bonds. The van der Waals surface area contributed by atoms with Gasteiger partial charge in [-0.2, -0.15) is 0 Å². The van der Waals surface area contributed by atoms with Crippen LogP contribution in [0.1, 0.15) is 27.2 Å². The van der Waals surface area contributed by atoms with Gasteiger partial charge >= 0.3 is 11.9 Å². The summed E-state index contributed by atoms with van der Waals surface area (Å²) < 4.78 is 4.64. The summed E-state index contributed by atoms with van der Waals surface area (Å²) in [7, 11) is 1.28. The number of hydrogen-bond donors (Lipinski definition) is 1. The van der Waals surface area contributed by atoms with Crippen LogP contribution < -0.4 is 0 Å². The first kappa shape index (κ1) is 17.4. The summed E-state index contributed by atoms with van der Waals surface area (Å²) in [4.78, 5) is 24.5. The number of carboxylic acid groups (broad SMARTS) is 1. The zero-order valence-corrected chi connectivity index (χ0v) is 12.1. The van der Waals surface area contributed by atoms with Gasteiger partial charge in [-0.25, -0.2) is 9.59 Å². The van der Waals surface area contributed by atoms with Gasteiger partial charge in [0.15, 0.2) is 0 Å². The second kappa shape index (κ2) is 9.33. The molecule has 0 aliphatic carbocycles. The third kappa shape index (κ3) is 6.76. The van der Waals surface area contributed by atoms with E-state index in [-0.39, 0.29) is 11.1 Å². The van der Waals surface area contributed by atoms with Crippen molar-refractivity contribution < 1.29 is 19.4 Å². The van der Waals surface area contributed by atoms with Gasteiger partial charge in [-0.05, 0) is 32.5 Å². The normalized spacial score (nSPS) is 12.7. The van der Waals surface area contributed by atoms with E-state index < -0.39 is 11.9 Å². The molecule has 0 aliphatic rings. The molecular weight excluding hydrogens is 246 g/mol. The quantitative estimate of drug-likeness (QED) is 0.414. The predicted molar refractivity (Wildman–Crippen MR) is 73.9 cm³/mol. The Hall–Kier alpha value is -1.62. The summed E-state index contributed by atoms with van der Waals surface area (Å²) in [6.07, 6.45) is 3.74. The summed E-state index contributed by atoms with van der Waals surface area (Å²) in [5, 5.41) is 8.82. The van der Waals surface area contributed by atoms with Crippen molar-refractivity contribution in [3.8, 4) is 0 Å². The fraction of sp³-hybridized carbons (Fsp3) is 0.571. The van der Waals surface area contributed by atoms with Crippen molar-refractivity contribution >= 4 is 11.9 Å². The molecule has 5 heteroatoms. The van der Waals surface area contributed by atoms with Crippen molar-refractivity contribution in [1.29, 1.82) is 0 Å². The van der Waals surface area contributed by atoms with Crippen LogP contribution >= 0.6 is 0 Å². The average molecular weight is 269 g/mol. The lowest BCUT2D eigenvalue weighted by Crippen LogP contribution is -2.23. The molecule has 0 unspecified atom stereocenters. The summed E-state index contributed by atoms with van der Waals surface area (Å²) in [6, 6.07) is 0. The Bertz CT molecular complexity index is 368. The molecule has 0 aromatic carbocycles. The van der Waals surface area contributed by atoms with Crippen molar-refractivity contribution in [2.75, 3.05) is 26.7 Å². The summed E-state index contributed by atoms with van der Waals surface area (Å²) in [5.41, 5.74) is 0.397. The maximum Gasteiger partial charge on any atom is 0.337 e. The van der Waals surface area contributed by atoms with E-state index in [1.807, 2.05) is 0 Å². The molecule has 0 bridgehead atoms. The number of hydrogen-bond acceptors (Lipinski definition) is 4. The van der Waals surface area contributed by atoms with Gasteiger partial charge in [-0.15, -0.1) is 0 Å². The Morgan fingerprint density at radius 2 is 1.84 bits per heavy atom. The highest BCUT2D eigenvalue weighted by atomic mass is 16.5. The van der Waals surface area contributed by atoms with Crippen molar-refractivity contribution in [3.63, 3.8) is 0 Å². The highest BCUT2D eigenvalue weighted by molar-refractivity contribution is 5.95. The molecule has 5 nitrogen and oxygen atoms in total. The Labute approximate surface area is 114 Å². The van der Waals surface area contributed by atoms with Gasteiger partial charge in [-0.3, -0.25) is 0 Å². The van der Waals surface area contributed by atoms with Crippen LogP contribution in [0, 0.1) is 0 Å². The number of nitrogens with zero attached hydrogens (tertiary/aromatic N) is 1. The second-order valence-electron chi connectivity index (χ2n) is 4.10. The molecule has 0 heterocycles. The van der Waals surface area contributed by atoms with Crippen molar-refractivity contribution in [1.82, 2.24) is 4.90 Å². The van der Waals surface area contributed by atoms with Gasteiger partial charge in [0.2, 0.25) is 0 Å². The van der Waals surface area contributed by atoms with Gasteiger partial charge in [0.05, 0.1) is 12.7 Å². The van der Waals surface area contributed by atoms with Gasteiger partial charge in [0, 0.05) is 12.1 Å². The molecule has 0 saturated heterocycles. The summed E-state index contributed by atoms with van der Waals surface area (Å²) in [5.74, 6) is -1.56. The number of aliphatic carboxylic acids is 1. The minimum atomic E-state index is -1.04. The lowest BCUT2D eigenvalue weighted by atomic mass is 10.1.